The molecule has 0 radical (unpaired) electrons. The largest absolute Gasteiger partial charge is 0.383 e. The molecular weight excluding hydrogens is 254 g/mol. The molecule has 1 aliphatic rings. The van der Waals surface area contributed by atoms with Crippen LogP contribution in [0.3, 0.4) is 0 Å². The Morgan fingerprint density at radius 2 is 2.00 bits per heavy atom. The van der Waals surface area contributed by atoms with Gasteiger partial charge in [-0.25, -0.2) is 9.97 Å². The van der Waals surface area contributed by atoms with Gasteiger partial charge in [0, 0.05) is 11.3 Å². The number of hydrogen-bond donors (Lipinski definition) is 1. The van der Waals surface area contributed by atoms with Gasteiger partial charge in [-0.05, 0) is 37.8 Å². The molecule has 0 atom stereocenters. The van der Waals surface area contributed by atoms with E-state index in [1.54, 1.807) is 0 Å². The van der Waals surface area contributed by atoms with E-state index in [4.69, 9.17) is 17.3 Å². The number of thiophene rings is 1. The number of nitrogen functional groups attached to an aromatic ring is 1. The predicted octanol–water partition coefficient (Wildman–Crippen LogP) is 3.32. The SMILES string of the molecule is Nc1nc(-c2ccc(Cl)s2)nc2c1CCCC2. The van der Waals surface area contributed by atoms with Crippen LogP contribution in [0.2, 0.25) is 4.34 Å². The molecule has 0 spiro atoms. The molecule has 0 bridgehead atoms. The third-order valence-electron chi connectivity index (χ3n) is 3.01. The summed E-state index contributed by atoms with van der Waals surface area (Å²) < 4.78 is 0.750. The van der Waals surface area contributed by atoms with E-state index in [1.165, 1.54) is 24.2 Å². The van der Waals surface area contributed by atoms with Crippen molar-refractivity contribution in [3.8, 4) is 10.7 Å². The molecule has 3 nitrogen and oxygen atoms in total. The normalized spacial score (nSPS) is 14.6. The van der Waals surface area contributed by atoms with Crippen molar-refractivity contribution in [2.45, 2.75) is 25.7 Å². The van der Waals surface area contributed by atoms with E-state index in [0.717, 1.165) is 33.3 Å². The molecule has 88 valence electrons. The molecule has 1 aliphatic carbocycles. The minimum atomic E-state index is 0.634. The lowest BCUT2D eigenvalue weighted by Gasteiger charge is -2.16. The van der Waals surface area contributed by atoms with E-state index in [2.05, 4.69) is 9.97 Å². The quantitative estimate of drug-likeness (QED) is 0.861. The molecule has 2 heterocycles. The Labute approximate surface area is 109 Å². The predicted molar refractivity (Wildman–Crippen MR) is 71.4 cm³/mol. The standard InChI is InChI=1S/C12H12ClN3S/c13-10-6-5-9(17-10)12-15-8-4-2-1-3-7(8)11(14)16-12/h5-6H,1-4H2,(H2,14,15,16). The van der Waals surface area contributed by atoms with Gasteiger partial charge in [0.1, 0.15) is 5.82 Å². The molecule has 2 aromatic rings. The van der Waals surface area contributed by atoms with Crippen LogP contribution in [0.4, 0.5) is 5.82 Å². The number of hydrogen-bond acceptors (Lipinski definition) is 4. The summed E-state index contributed by atoms with van der Waals surface area (Å²) in [4.78, 5) is 9.99. The summed E-state index contributed by atoms with van der Waals surface area (Å²) in [6.45, 7) is 0. The molecule has 17 heavy (non-hydrogen) atoms. The number of rotatable bonds is 1. The topological polar surface area (TPSA) is 51.8 Å². The fourth-order valence-corrected chi connectivity index (χ4v) is 3.14. The molecule has 0 fully saturated rings. The second-order valence-corrected chi connectivity index (χ2v) is 5.88. The maximum absolute atomic E-state index is 6.01. The minimum absolute atomic E-state index is 0.634. The fraction of sp³-hybridized carbons (Fsp3) is 0.333. The first kappa shape index (κ1) is 11.0. The Morgan fingerprint density at radius 1 is 1.18 bits per heavy atom. The molecule has 5 heteroatoms. The molecule has 2 aromatic heterocycles. The van der Waals surface area contributed by atoms with Crippen LogP contribution in [0.15, 0.2) is 12.1 Å². The zero-order valence-corrected chi connectivity index (χ0v) is 10.8. The van der Waals surface area contributed by atoms with Crippen LogP contribution in [-0.4, -0.2) is 9.97 Å². The highest BCUT2D eigenvalue weighted by Gasteiger charge is 2.17. The summed E-state index contributed by atoms with van der Waals surface area (Å²) in [7, 11) is 0. The van der Waals surface area contributed by atoms with Gasteiger partial charge >= 0.3 is 0 Å². The van der Waals surface area contributed by atoms with E-state index in [-0.39, 0.29) is 0 Å². The van der Waals surface area contributed by atoms with E-state index in [1.807, 2.05) is 12.1 Å². The van der Waals surface area contributed by atoms with Gasteiger partial charge in [-0.2, -0.15) is 0 Å². The van der Waals surface area contributed by atoms with E-state index in [0.29, 0.717) is 11.6 Å². The second kappa shape index (κ2) is 4.27. The summed E-state index contributed by atoms with van der Waals surface area (Å²) in [5.41, 5.74) is 8.26. The highest BCUT2D eigenvalue weighted by molar-refractivity contribution is 7.19. The molecule has 0 unspecified atom stereocenters. The number of nitrogens with zero attached hydrogens (tertiary/aromatic N) is 2. The summed E-state index contributed by atoms with van der Waals surface area (Å²) >= 11 is 7.41. The minimum Gasteiger partial charge on any atom is -0.383 e. The Hall–Kier alpha value is -1.13. The zero-order chi connectivity index (χ0) is 11.8. The van der Waals surface area contributed by atoms with Gasteiger partial charge in [0.05, 0.1) is 9.21 Å². The highest BCUT2D eigenvalue weighted by Crippen LogP contribution is 2.31. The Balaban J connectivity index is 2.10. The maximum Gasteiger partial charge on any atom is 0.171 e. The van der Waals surface area contributed by atoms with Crippen molar-refractivity contribution < 1.29 is 0 Å². The van der Waals surface area contributed by atoms with Crippen LogP contribution < -0.4 is 5.73 Å². The van der Waals surface area contributed by atoms with Gasteiger partial charge in [0.25, 0.3) is 0 Å². The van der Waals surface area contributed by atoms with Crippen LogP contribution in [0.1, 0.15) is 24.1 Å². The van der Waals surface area contributed by atoms with E-state index < -0.39 is 0 Å². The molecule has 0 saturated carbocycles. The number of aromatic nitrogens is 2. The number of halogens is 1. The molecular formula is C12H12ClN3S. The average Bonchev–Trinajstić information content (AvgIpc) is 2.76. The Bertz CT molecular complexity index is 565. The Kier molecular flexibility index (Phi) is 2.76. The lowest BCUT2D eigenvalue weighted by Crippen LogP contribution is -2.11. The van der Waals surface area contributed by atoms with Gasteiger partial charge in [0.2, 0.25) is 0 Å². The van der Waals surface area contributed by atoms with Crippen LogP contribution >= 0.6 is 22.9 Å². The number of aryl methyl sites for hydroxylation is 1. The van der Waals surface area contributed by atoms with Crippen molar-refractivity contribution in [3.63, 3.8) is 0 Å². The average molecular weight is 266 g/mol. The van der Waals surface area contributed by atoms with Crippen molar-refractivity contribution in [1.82, 2.24) is 9.97 Å². The first-order valence-corrected chi connectivity index (χ1v) is 6.84. The summed E-state index contributed by atoms with van der Waals surface area (Å²) in [5.74, 6) is 1.34. The highest BCUT2D eigenvalue weighted by atomic mass is 35.5. The summed E-state index contributed by atoms with van der Waals surface area (Å²) in [6.07, 6.45) is 4.39. The lowest BCUT2D eigenvalue weighted by atomic mass is 9.96. The van der Waals surface area contributed by atoms with Crippen molar-refractivity contribution in [2.24, 2.45) is 0 Å². The third kappa shape index (κ3) is 2.03. The van der Waals surface area contributed by atoms with Gasteiger partial charge in [-0.15, -0.1) is 11.3 Å². The number of anilines is 1. The first-order valence-electron chi connectivity index (χ1n) is 5.65. The molecule has 3 rings (SSSR count). The fourth-order valence-electron chi connectivity index (χ4n) is 2.17. The van der Waals surface area contributed by atoms with Gasteiger partial charge in [-0.3, -0.25) is 0 Å². The maximum atomic E-state index is 6.01. The summed E-state index contributed by atoms with van der Waals surface area (Å²) in [6, 6.07) is 3.80. The van der Waals surface area contributed by atoms with Crippen LogP contribution in [0.25, 0.3) is 10.7 Å². The number of nitrogens with two attached hydrogens (primary N) is 1. The van der Waals surface area contributed by atoms with Crippen LogP contribution in [0.5, 0.6) is 0 Å². The van der Waals surface area contributed by atoms with E-state index in [9.17, 15) is 0 Å². The lowest BCUT2D eigenvalue weighted by molar-refractivity contribution is 0.666. The van der Waals surface area contributed by atoms with Crippen LogP contribution in [0, 0.1) is 0 Å². The number of fused-ring (bicyclic) bond motifs is 1. The molecule has 2 N–H and O–H groups in total. The second-order valence-electron chi connectivity index (χ2n) is 4.17. The van der Waals surface area contributed by atoms with E-state index >= 15 is 0 Å². The smallest absolute Gasteiger partial charge is 0.171 e. The Morgan fingerprint density at radius 3 is 2.76 bits per heavy atom. The van der Waals surface area contributed by atoms with Crippen molar-refractivity contribution in [2.75, 3.05) is 5.73 Å². The molecule has 0 aromatic carbocycles. The zero-order valence-electron chi connectivity index (χ0n) is 9.24. The van der Waals surface area contributed by atoms with Crippen molar-refractivity contribution in [3.05, 3.63) is 27.7 Å². The first-order chi connectivity index (χ1) is 8.24. The van der Waals surface area contributed by atoms with Crippen LogP contribution in [-0.2, 0) is 12.8 Å². The monoisotopic (exact) mass is 265 g/mol. The summed E-state index contributed by atoms with van der Waals surface area (Å²) in [5, 5.41) is 0. The third-order valence-corrected chi connectivity index (χ3v) is 4.24. The van der Waals surface area contributed by atoms with Crippen molar-refractivity contribution in [1.29, 1.82) is 0 Å². The molecule has 0 aliphatic heterocycles. The van der Waals surface area contributed by atoms with Gasteiger partial charge in [0.15, 0.2) is 5.82 Å². The van der Waals surface area contributed by atoms with Gasteiger partial charge in [-0.1, -0.05) is 11.6 Å². The molecule has 0 saturated heterocycles. The van der Waals surface area contributed by atoms with Gasteiger partial charge < -0.3 is 5.73 Å². The molecule has 0 amide bonds. The van der Waals surface area contributed by atoms with Crippen molar-refractivity contribution >= 4 is 28.8 Å².